The molecule has 3 N–H and O–H groups in total. The summed E-state index contributed by atoms with van der Waals surface area (Å²) >= 11 is 0. The van der Waals surface area contributed by atoms with E-state index in [2.05, 4.69) is 15.6 Å². The summed E-state index contributed by atoms with van der Waals surface area (Å²) in [7, 11) is 0. The first-order valence-corrected chi connectivity index (χ1v) is 11.7. The third-order valence-corrected chi connectivity index (χ3v) is 5.32. The van der Waals surface area contributed by atoms with Gasteiger partial charge < -0.3 is 20.5 Å². The fraction of sp³-hybridized carbons (Fsp3) is 0.286. The topological polar surface area (TPSA) is 118 Å². The number of nitrogens with one attached hydrogen (secondary N) is 2. The Kier molecular flexibility index (Phi) is 8.42. The highest BCUT2D eigenvalue weighted by molar-refractivity contribution is 6.05. The van der Waals surface area contributed by atoms with E-state index >= 15 is 0 Å². The SMILES string of the molecule is CC(NC(=O)OC(C)(C)C)c1ccc(C(=O)Nc2ccncc2)cc1-c1cccc(CCC(=O)O)c1. The van der Waals surface area contributed by atoms with Crippen molar-refractivity contribution < 1.29 is 24.2 Å². The summed E-state index contributed by atoms with van der Waals surface area (Å²) in [6.45, 7) is 7.22. The van der Waals surface area contributed by atoms with Gasteiger partial charge in [0.25, 0.3) is 5.91 Å². The Morgan fingerprint density at radius 3 is 2.42 bits per heavy atom. The van der Waals surface area contributed by atoms with E-state index in [1.807, 2.05) is 37.3 Å². The highest BCUT2D eigenvalue weighted by atomic mass is 16.6. The lowest BCUT2D eigenvalue weighted by atomic mass is 9.92. The first-order chi connectivity index (χ1) is 17.0. The molecule has 8 nitrogen and oxygen atoms in total. The average molecular weight is 490 g/mol. The van der Waals surface area contributed by atoms with E-state index in [1.165, 1.54) is 0 Å². The molecule has 188 valence electrons. The number of carboxylic acids is 1. The monoisotopic (exact) mass is 489 g/mol. The molecular formula is C28H31N3O5. The summed E-state index contributed by atoms with van der Waals surface area (Å²) < 4.78 is 5.40. The molecule has 1 aromatic heterocycles. The van der Waals surface area contributed by atoms with Gasteiger partial charge in [0.05, 0.1) is 6.04 Å². The van der Waals surface area contributed by atoms with E-state index in [1.54, 1.807) is 57.4 Å². The van der Waals surface area contributed by atoms with Gasteiger partial charge in [0.2, 0.25) is 0 Å². The van der Waals surface area contributed by atoms with E-state index < -0.39 is 23.7 Å². The van der Waals surface area contributed by atoms with Crippen molar-refractivity contribution in [3.8, 4) is 11.1 Å². The molecule has 0 spiro atoms. The van der Waals surface area contributed by atoms with Crippen molar-refractivity contribution in [1.29, 1.82) is 0 Å². The summed E-state index contributed by atoms with van der Waals surface area (Å²) in [5.41, 5.74) is 3.63. The first-order valence-electron chi connectivity index (χ1n) is 11.7. The highest BCUT2D eigenvalue weighted by Gasteiger charge is 2.21. The minimum atomic E-state index is -0.869. The molecule has 36 heavy (non-hydrogen) atoms. The molecule has 1 heterocycles. The van der Waals surface area contributed by atoms with Crippen molar-refractivity contribution in [3.05, 3.63) is 83.7 Å². The number of aryl methyl sites for hydroxylation is 1. The molecule has 1 atom stereocenters. The summed E-state index contributed by atoms with van der Waals surface area (Å²) in [6.07, 6.45) is 3.04. The summed E-state index contributed by atoms with van der Waals surface area (Å²) in [6, 6.07) is 15.8. The van der Waals surface area contributed by atoms with Crippen molar-refractivity contribution in [2.24, 2.45) is 0 Å². The van der Waals surface area contributed by atoms with Crippen LogP contribution < -0.4 is 10.6 Å². The Balaban J connectivity index is 1.97. The first kappa shape index (κ1) is 26.4. The third kappa shape index (κ3) is 7.66. The molecule has 0 saturated carbocycles. The maximum absolute atomic E-state index is 13.0. The third-order valence-electron chi connectivity index (χ3n) is 5.32. The number of amides is 2. The second kappa shape index (κ2) is 11.5. The number of aliphatic carboxylic acids is 1. The van der Waals surface area contributed by atoms with Gasteiger partial charge in [0.15, 0.2) is 0 Å². The normalized spacial score (nSPS) is 11.9. The number of hydrogen-bond donors (Lipinski definition) is 3. The van der Waals surface area contributed by atoms with Crippen molar-refractivity contribution >= 4 is 23.7 Å². The lowest BCUT2D eigenvalue weighted by Crippen LogP contribution is -2.34. The van der Waals surface area contributed by atoms with Crippen LogP contribution in [-0.2, 0) is 16.0 Å². The van der Waals surface area contributed by atoms with E-state index in [0.717, 1.165) is 22.3 Å². The Morgan fingerprint density at radius 1 is 1.03 bits per heavy atom. The van der Waals surface area contributed by atoms with Crippen LogP contribution in [0.5, 0.6) is 0 Å². The minimum absolute atomic E-state index is 0.0152. The van der Waals surface area contributed by atoms with E-state index in [4.69, 9.17) is 9.84 Å². The molecule has 2 amide bonds. The zero-order valence-corrected chi connectivity index (χ0v) is 20.9. The van der Waals surface area contributed by atoms with Crippen LogP contribution in [0.4, 0.5) is 10.5 Å². The largest absolute Gasteiger partial charge is 0.481 e. The molecule has 0 bridgehead atoms. The van der Waals surface area contributed by atoms with Gasteiger partial charge in [-0.15, -0.1) is 0 Å². The molecule has 0 aliphatic heterocycles. The number of aromatic nitrogens is 1. The molecular weight excluding hydrogens is 458 g/mol. The van der Waals surface area contributed by atoms with Crippen LogP contribution >= 0.6 is 0 Å². The maximum atomic E-state index is 13.0. The maximum Gasteiger partial charge on any atom is 0.408 e. The Hall–Kier alpha value is -4.20. The van der Waals surface area contributed by atoms with Gasteiger partial charge in [0, 0.05) is 30.1 Å². The summed E-state index contributed by atoms with van der Waals surface area (Å²) in [4.78, 5) is 40.4. The van der Waals surface area contributed by atoms with Crippen LogP contribution in [0.2, 0.25) is 0 Å². The van der Waals surface area contributed by atoms with Gasteiger partial charge in [-0.1, -0.05) is 30.3 Å². The number of anilines is 1. The molecule has 0 aliphatic rings. The zero-order valence-electron chi connectivity index (χ0n) is 20.9. The van der Waals surface area contributed by atoms with Gasteiger partial charge in [-0.25, -0.2) is 4.79 Å². The van der Waals surface area contributed by atoms with Crippen molar-refractivity contribution in [3.63, 3.8) is 0 Å². The highest BCUT2D eigenvalue weighted by Crippen LogP contribution is 2.31. The van der Waals surface area contributed by atoms with E-state index in [9.17, 15) is 14.4 Å². The number of carbonyl (C=O) groups is 3. The number of rotatable bonds is 8. The molecule has 0 fully saturated rings. The predicted molar refractivity (Wildman–Crippen MR) is 138 cm³/mol. The number of ether oxygens (including phenoxy) is 1. The smallest absolute Gasteiger partial charge is 0.408 e. The molecule has 2 aromatic carbocycles. The van der Waals surface area contributed by atoms with Crippen LogP contribution in [0.1, 0.15) is 61.6 Å². The fourth-order valence-electron chi connectivity index (χ4n) is 3.67. The standard InChI is InChI=1S/C28H31N3O5/c1-18(30-27(35)36-28(2,3)4)23-10-9-21(26(34)31-22-12-14-29-15-13-22)17-24(23)20-7-5-6-19(16-20)8-11-25(32)33/h5-7,9-10,12-18H,8,11H2,1-4H3,(H,30,35)(H,32,33)(H,29,31,34). The second-order valence-electron chi connectivity index (χ2n) is 9.45. The van der Waals surface area contributed by atoms with Crippen LogP contribution in [-0.4, -0.2) is 33.7 Å². The minimum Gasteiger partial charge on any atom is -0.481 e. The molecule has 0 radical (unpaired) electrons. The van der Waals surface area contributed by atoms with Gasteiger partial charge in [-0.3, -0.25) is 14.6 Å². The van der Waals surface area contributed by atoms with Crippen LogP contribution in [0.15, 0.2) is 67.0 Å². The van der Waals surface area contributed by atoms with Crippen LogP contribution in [0.25, 0.3) is 11.1 Å². The van der Waals surface area contributed by atoms with Gasteiger partial charge in [0.1, 0.15) is 5.60 Å². The van der Waals surface area contributed by atoms with Crippen molar-refractivity contribution in [1.82, 2.24) is 10.3 Å². The number of hydrogen-bond acceptors (Lipinski definition) is 5. The van der Waals surface area contributed by atoms with Gasteiger partial charge >= 0.3 is 12.1 Å². The van der Waals surface area contributed by atoms with Gasteiger partial charge in [-0.2, -0.15) is 0 Å². The lowest BCUT2D eigenvalue weighted by molar-refractivity contribution is -0.136. The average Bonchev–Trinajstić information content (AvgIpc) is 2.82. The Morgan fingerprint density at radius 2 is 1.75 bits per heavy atom. The number of alkyl carbamates (subject to hydrolysis) is 1. The number of benzene rings is 2. The summed E-state index contributed by atoms with van der Waals surface area (Å²) in [5.74, 6) is -1.16. The van der Waals surface area contributed by atoms with Crippen molar-refractivity contribution in [2.45, 2.75) is 52.2 Å². The number of carboxylic acid groups (broad SMARTS) is 1. The number of carbonyl (C=O) groups excluding carboxylic acids is 2. The van der Waals surface area contributed by atoms with Crippen LogP contribution in [0.3, 0.4) is 0 Å². The summed E-state index contributed by atoms with van der Waals surface area (Å²) in [5, 5.41) is 14.8. The molecule has 0 saturated heterocycles. The quantitative estimate of drug-likeness (QED) is 0.379. The van der Waals surface area contributed by atoms with Crippen LogP contribution in [0, 0.1) is 0 Å². The van der Waals surface area contributed by atoms with Crippen molar-refractivity contribution in [2.75, 3.05) is 5.32 Å². The van der Waals surface area contributed by atoms with E-state index in [-0.39, 0.29) is 12.3 Å². The predicted octanol–water partition coefficient (Wildman–Crippen LogP) is 5.60. The molecule has 1 unspecified atom stereocenters. The van der Waals surface area contributed by atoms with E-state index in [0.29, 0.717) is 17.7 Å². The molecule has 0 aliphatic carbocycles. The Bertz CT molecular complexity index is 1240. The molecule has 3 aromatic rings. The fourth-order valence-corrected chi connectivity index (χ4v) is 3.67. The van der Waals surface area contributed by atoms with Gasteiger partial charge in [-0.05, 0) is 80.6 Å². The number of pyridine rings is 1. The molecule has 8 heteroatoms. The Labute approximate surface area is 210 Å². The molecule has 3 rings (SSSR count). The lowest BCUT2D eigenvalue weighted by Gasteiger charge is -2.23. The zero-order chi connectivity index (χ0) is 26.3. The second-order valence-corrected chi connectivity index (χ2v) is 9.45. The number of nitrogens with zero attached hydrogens (tertiary/aromatic N) is 1.